The summed E-state index contributed by atoms with van der Waals surface area (Å²) in [6, 6.07) is 5.46. The van der Waals surface area contributed by atoms with Crippen LogP contribution in [-0.2, 0) is 0 Å². The second kappa shape index (κ2) is 6.11. The van der Waals surface area contributed by atoms with E-state index in [2.05, 4.69) is 24.1 Å². The van der Waals surface area contributed by atoms with Crippen LogP contribution in [0.15, 0.2) is 18.2 Å². The summed E-state index contributed by atoms with van der Waals surface area (Å²) >= 11 is 0. The van der Waals surface area contributed by atoms with Crippen molar-refractivity contribution in [1.29, 1.82) is 0 Å². The zero-order valence-corrected chi connectivity index (χ0v) is 12.1. The minimum atomic E-state index is -0.153. The average Bonchev–Trinajstić information content (AvgIpc) is 2.41. The Morgan fingerprint density at radius 1 is 1.45 bits per heavy atom. The molecule has 0 heterocycles. The van der Waals surface area contributed by atoms with Gasteiger partial charge in [-0.05, 0) is 48.9 Å². The van der Waals surface area contributed by atoms with Gasteiger partial charge in [0.15, 0.2) is 0 Å². The third kappa shape index (κ3) is 3.40. The van der Waals surface area contributed by atoms with E-state index in [1.165, 1.54) is 19.3 Å². The van der Waals surface area contributed by atoms with E-state index in [1.807, 2.05) is 19.1 Å². The van der Waals surface area contributed by atoms with Crippen molar-refractivity contribution in [3.63, 3.8) is 0 Å². The average molecular weight is 271 g/mol. The van der Waals surface area contributed by atoms with Gasteiger partial charge in [-0.3, -0.25) is 4.79 Å². The zero-order chi connectivity index (χ0) is 14.6. The van der Waals surface area contributed by atoms with Crippen LogP contribution in [0.3, 0.4) is 0 Å². The van der Waals surface area contributed by atoms with Gasteiger partial charge in [0.1, 0.15) is 6.61 Å². The lowest BCUT2D eigenvalue weighted by Gasteiger charge is -2.38. The first-order valence-electron chi connectivity index (χ1n) is 7.03. The number of carbonyl (C=O) groups is 1. The van der Waals surface area contributed by atoms with Crippen molar-refractivity contribution in [3.05, 3.63) is 34.9 Å². The van der Waals surface area contributed by atoms with Crippen molar-refractivity contribution < 1.29 is 9.90 Å². The molecule has 0 spiro atoms. The van der Waals surface area contributed by atoms with Gasteiger partial charge in [0.05, 0.1) is 0 Å². The third-order valence-corrected chi connectivity index (χ3v) is 4.03. The van der Waals surface area contributed by atoms with Crippen LogP contribution in [0.25, 0.3) is 0 Å². The van der Waals surface area contributed by atoms with Crippen LogP contribution in [0, 0.1) is 24.2 Å². The number of aliphatic hydroxyl groups excluding tert-OH is 1. The summed E-state index contributed by atoms with van der Waals surface area (Å²) in [5.74, 6) is 5.47. The third-order valence-electron chi connectivity index (χ3n) is 4.03. The molecule has 0 radical (unpaired) electrons. The first-order valence-corrected chi connectivity index (χ1v) is 7.03. The number of rotatable bonds is 3. The number of aliphatic hydroxyl groups is 1. The Hall–Kier alpha value is -1.79. The lowest BCUT2D eigenvalue weighted by Crippen LogP contribution is -2.39. The molecule has 2 N–H and O–H groups in total. The van der Waals surface area contributed by atoms with E-state index in [0.29, 0.717) is 5.56 Å². The molecule has 0 unspecified atom stereocenters. The van der Waals surface area contributed by atoms with Gasteiger partial charge in [0.25, 0.3) is 5.91 Å². The molecule has 0 atom stereocenters. The minimum absolute atomic E-state index is 0.0251. The van der Waals surface area contributed by atoms with Crippen LogP contribution < -0.4 is 5.32 Å². The van der Waals surface area contributed by atoms with Gasteiger partial charge in [-0.25, -0.2) is 0 Å². The van der Waals surface area contributed by atoms with Crippen LogP contribution in [-0.4, -0.2) is 24.2 Å². The summed E-state index contributed by atoms with van der Waals surface area (Å²) in [7, 11) is 0. The standard InChI is InChI=1S/C17H21NO2/c1-13-11-15(7-6-14(13)5-3-10-19)16(20)18-12-17(2)8-4-9-17/h6-7,11,19H,4,8-10,12H2,1-2H3,(H,18,20). The van der Waals surface area contributed by atoms with Crippen LogP contribution in [0.4, 0.5) is 0 Å². The lowest BCUT2D eigenvalue weighted by molar-refractivity contribution is 0.0890. The Morgan fingerprint density at radius 2 is 2.20 bits per heavy atom. The number of benzene rings is 1. The molecule has 0 aromatic heterocycles. The van der Waals surface area contributed by atoms with E-state index in [4.69, 9.17) is 5.11 Å². The molecule has 1 aromatic carbocycles. The molecule has 20 heavy (non-hydrogen) atoms. The molecular formula is C17H21NO2. The molecule has 0 bridgehead atoms. The van der Waals surface area contributed by atoms with Crippen LogP contribution in [0.2, 0.25) is 0 Å². The number of hydrogen-bond acceptors (Lipinski definition) is 2. The molecule has 0 saturated heterocycles. The summed E-state index contributed by atoms with van der Waals surface area (Å²) in [5, 5.41) is 11.7. The van der Waals surface area contributed by atoms with Crippen LogP contribution >= 0.6 is 0 Å². The Balaban J connectivity index is 2.01. The number of carbonyl (C=O) groups excluding carboxylic acids is 1. The van der Waals surface area contributed by atoms with Crippen LogP contribution in [0.5, 0.6) is 0 Å². The molecule has 3 heteroatoms. The largest absolute Gasteiger partial charge is 0.384 e. The van der Waals surface area contributed by atoms with Gasteiger partial charge in [0.2, 0.25) is 0 Å². The molecule has 2 rings (SSSR count). The van der Waals surface area contributed by atoms with Crippen molar-refractivity contribution in [2.24, 2.45) is 5.41 Å². The lowest BCUT2D eigenvalue weighted by atomic mass is 9.70. The number of amides is 1. The second-order valence-electron chi connectivity index (χ2n) is 5.84. The highest BCUT2D eigenvalue weighted by Gasteiger charge is 2.31. The highest BCUT2D eigenvalue weighted by Crippen LogP contribution is 2.39. The summed E-state index contributed by atoms with van der Waals surface area (Å²) in [4.78, 5) is 12.1. The van der Waals surface area contributed by atoms with Gasteiger partial charge < -0.3 is 10.4 Å². The highest BCUT2D eigenvalue weighted by atomic mass is 16.2. The molecule has 1 amide bonds. The van der Waals surface area contributed by atoms with Gasteiger partial charge in [-0.2, -0.15) is 0 Å². The Labute approximate surface area is 120 Å². The van der Waals surface area contributed by atoms with Crippen molar-refractivity contribution in [2.75, 3.05) is 13.2 Å². The van der Waals surface area contributed by atoms with E-state index in [0.717, 1.165) is 17.7 Å². The maximum atomic E-state index is 12.1. The van der Waals surface area contributed by atoms with Crippen molar-refractivity contribution in [2.45, 2.75) is 33.1 Å². The Bertz CT molecular complexity index is 562. The normalized spacial score (nSPS) is 15.8. The summed E-state index contributed by atoms with van der Waals surface area (Å²) in [5.41, 5.74) is 2.76. The van der Waals surface area contributed by atoms with Gasteiger partial charge in [-0.1, -0.05) is 25.2 Å². The quantitative estimate of drug-likeness (QED) is 0.828. The van der Waals surface area contributed by atoms with E-state index in [1.54, 1.807) is 6.07 Å². The van der Waals surface area contributed by atoms with Gasteiger partial charge in [0, 0.05) is 17.7 Å². The first kappa shape index (κ1) is 14.6. The topological polar surface area (TPSA) is 49.3 Å². The maximum absolute atomic E-state index is 12.1. The van der Waals surface area contributed by atoms with Crippen molar-refractivity contribution >= 4 is 5.91 Å². The maximum Gasteiger partial charge on any atom is 0.251 e. The molecular weight excluding hydrogens is 250 g/mol. The van der Waals surface area contributed by atoms with E-state index in [9.17, 15) is 4.79 Å². The van der Waals surface area contributed by atoms with E-state index in [-0.39, 0.29) is 17.9 Å². The first-order chi connectivity index (χ1) is 9.54. The predicted molar refractivity (Wildman–Crippen MR) is 79.4 cm³/mol. The molecule has 106 valence electrons. The monoisotopic (exact) mass is 271 g/mol. The van der Waals surface area contributed by atoms with Crippen LogP contribution in [0.1, 0.15) is 47.7 Å². The van der Waals surface area contributed by atoms with Gasteiger partial charge >= 0.3 is 0 Å². The van der Waals surface area contributed by atoms with Crippen molar-refractivity contribution in [1.82, 2.24) is 5.32 Å². The number of nitrogens with one attached hydrogen (secondary N) is 1. The SMILES string of the molecule is Cc1cc(C(=O)NCC2(C)CCC2)ccc1C#CCO. The van der Waals surface area contributed by atoms with Crippen molar-refractivity contribution in [3.8, 4) is 11.8 Å². The molecule has 3 nitrogen and oxygen atoms in total. The molecule has 0 aliphatic heterocycles. The second-order valence-corrected chi connectivity index (χ2v) is 5.84. The smallest absolute Gasteiger partial charge is 0.251 e. The molecule has 1 aliphatic carbocycles. The molecule has 1 aromatic rings. The van der Waals surface area contributed by atoms with E-state index >= 15 is 0 Å². The Kier molecular flexibility index (Phi) is 4.46. The minimum Gasteiger partial charge on any atom is -0.384 e. The summed E-state index contributed by atoms with van der Waals surface area (Å²) in [6.45, 7) is 4.73. The van der Waals surface area contributed by atoms with E-state index < -0.39 is 0 Å². The summed E-state index contributed by atoms with van der Waals surface area (Å²) in [6.07, 6.45) is 3.66. The van der Waals surface area contributed by atoms with Gasteiger partial charge in [-0.15, -0.1) is 0 Å². The Morgan fingerprint density at radius 3 is 2.75 bits per heavy atom. The zero-order valence-electron chi connectivity index (χ0n) is 12.1. The highest BCUT2D eigenvalue weighted by molar-refractivity contribution is 5.94. The fraction of sp³-hybridized carbons (Fsp3) is 0.471. The molecule has 1 fully saturated rings. The number of hydrogen-bond donors (Lipinski definition) is 2. The summed E-state index contributed by atoms with van der Waals surface area (Å²) < 4.78 is 0. The predicted octanol–water partition coefficient (Wildman–Crippen LogP) is 2.26. The number of aryl methyl sites for hydroxylation is 1. The fourth-order valence-electron chi connectivity index (χ4n) is 2.43. The molecule has 1 saturated carbocycles. The fourth-order valence-corrected chi connectivity index (χ4v) is 2.43. The molecule has 1 aliphatic rings.